The maximum Gasteiger partial charge on any atom is 0.338 e. The standard InChI is InChI=1S/C30H28O9/c1-15-5-7-16(8-6-15)29(31)39-27-19-12-22-21(37-14-38-22)11-18(19)25(26-20(27)13-36-30(26)32)17-9-23(33-2)28(35-4)24(10-17)34-3/h5-12,20,25-27H,13-14H2,1-4H3/t20-,25+,26+,27-/m0/s1. The van der Waals surface area contributed by atoms with Gasteiger partial charge in [0, 0.05) is 17.4 Å². The van der Waals surface area contributed by atoms with Crippen LogP contribution in [0.15, 0.2) is 48.5 Å². The van der Waals surface area contributed by atoms with Gasteiger partial charge in [-0.2, -0.15) is 0 Å². The second-order valence-corrected chi connectivity index (χ2v) is 9.78. The van der Waals surface area contributed by atoms with Gasteiger partial charge >= 0.3 is 11.9 Å². The fourth-order valence-electron chi connectivity index (χ4n) is 5.82. The number of benzene rings is 3. The largest absolute Gasteiger partial charge is 0.493 e. The van der Waals surface area contributed by atoms with Crippen molar-refractivity contribution in [2.75, 3.05) is 34.7 Å². The molecule has 0 N–H and O–H groups in total. The first-order valence-electron chi connectivity index (χ1n) is 12.6. The van der Waals surface area contributed by atoms with Gasteiger partial charge in [-0.25, -0.2) is 4.79 Å². The third-order valence-corrected chi connectivity index (χ3v) is 7.69. The Hall–Kier alpha value is -4.40. The van der Waals surface area contributed by atoms with Crippen LogP contribution in [0.1, 0.15) is 44.6 Å². The fourth-order valence-corrected chi connectivity index (χ4v) is 5.82. The lowest BCUT2D eigenvalue weighted by Crippen LogP contribution is -2.36. The molecule has 0 unspecified atom stereocenters. The average Bonchev–Trinajstić information content (AvgIpc) is 3.57. The average molecular weight is 533 g/mol. The second-order valence-electron chi connectivity index (χ2n) is 9.78. The first-order chi connectivity index (χ1) is 18.9. The van der Waals surface area contributed by atoms with Crippen LogP contribution in [0.5, 0.6) is 28.7 Å². The van der Waals surface area contributed by atoms with Crippen LogP contribution in [0.4, 0.5) is 0 Å². The number of aryl methyl sites for hydroxylation is 1. The van der Waals surface area contributed by atoms with E-state index in [9.17, 15) is 9.59 Å². The summed E-state index contributed by atoms with van der Waals surface area (Å²) in [5.74, 6) is 0.122. The van der Waals surface area contributed by atoms with Crippen LogP contribution in [-0.4, -0.2) is 46.7 Å². The Morgan fingerprint density at radius 2 is 1.49 bits per heavy atom. The van der Waals surface area contributed by atoms with Gasteiger partial charge in [-0.3, -0.25) is 4.79 Å². The third-order valence-electron chi connectivity index (χ3n) is 7.69. The summed E-state index contributed by atoms with van der Waals surface area (Å²) < 4.78 is 39.8. The monoisotopic (exact) mass is 532 g/mol. The molecule has 0 aromatic heterocycles. The molecule has 0 amide bonds. The maximum atomic E-state index is 13.3. The molecule has 9 nitrogen and oxygen atoms in total. The van der Waals surface area contributed by atoms with Crippen molar-refractivity contribution >= 4 is 11.9 Å². The number of ether oxygens (including phenoxy) is 7. The highest BCUT2D eigenvalue weighted by Gasteiger charge is 2.54. The van der Waals surface area contributed by atoms with E-state index in [1.165, 1.54) is 7.11 Å². The van der Waals surface area contributed by atoms with Gasteiger partial charge in [0.1, 0.15) is 6.10 Å². The van der Waals surface area contributed by atoms with Gasteiger partial charge in [0.05, 0.1) is 39.4 Å². The lowest BCUT2D eigenvalue weighted by Gasteiger charge is -2.38. The number of fused-ring (bicyclic) bond motifs is 3. The first kappa shape index (κ1) is 24.9. The van der Waals surface area contributed by atoms with E-state index in [1.54, 1.807) is 26.4 Å². The van der Waals surface area contributed by atoms with E-state index in [4.69, 9.17) is 33.2 Å². The molecule has 2 aliphatic heterocycles. The number of rotatable bonds is 6. The van der Waals surface area contributed by atoms with Crippen LogP contribution in [-0.2, 0) is 14.3 Å². The summed E-state index contributed by atoms with van der Waals surface area (Å²) in [7, 11) is 4.62. The lowest BCUT2D eigenvalue weighted by atomic mass is 9.66. The van der Waals surface area contributed by atoms with E-state index in [2.05, 4.69) is 0 Å². The van der Waals surface area contributed by atoms with E-state index >= 15 is 0 Å². The van der Waals surface area contributed by atoms with Crippen molar-refractivity contribution in [3.05, 3.63) is 76.3 Å². The highest BCUT2D eigenvalue weighted by atomic mass is 16.7. The Morgan fingerprint density at radius 1 is 0.846 bits per heavy atom. The molecule has 2 heterocycles. The number of hydrogen-bond acceptors (Lipinski definition) is 9. The van der Waals surface area contributed by atoms with Crippen molar-refractivity contribution in [2.45, 2.75) is 18.9 Å². The van der Waals surface area contributed by atoms with E-state index in [0.29, 0.717) is 34.3 Å². The summed E-state index contributed by atoms with van der Waals surface area (Å²) in [6.45, 7) is 2.14. The van der Waals surface area contributed by atoms with E-state index in [-0.39, 0.29) is 19.4 Å². The number of carbonyl (C=O) groups excluding carboxylic acids is 2. The minimum absolute atomic E-state index is 0.0792. The molecular weight excluding hydrogens is 504 g/mol. The summed E-state index contributed by atoms with van der Waals surface area (Å²) in [6.07, 6.45) is -0.738. The molecule has 202 valence electrons. The summed E-state index contributed by atoms with van der Waals surface area (Å²) in [5, 5.41) is 0. The van der Waals surface area contributed by atoms with Gasteiger partial charge in [-0.05, 0) is 54.4 Å². The molecule has 1 aliphatic carbocycles. The SMILES string of the molecule is COc1cc([C@@H]2c3cc4c(cc3[C@H](OC(=O)c3ccc(C)cc3)[C@H]3COC(=O)[C@@H]23)OCO4)cc(OC)c1OC. The fraction of sp³-hybridized carbons (Fsp3) is 0.333. The van der Waals surface area contributed by atoms with E-state index in [1.807, 2.05) is 43.3 Å². The summed E-state index contributed by atoms with van der Waals surface area (Å²) >= 11 is 0. The Balaban J connectivity index is 1.51. The van der Waals surface area contributed by atoms with Crippen LogP contribution in [0.2, 0.25) is 0 Å². The van der Waals surface area contributed by atoms with Gasteiger partial charge in [-0.15, -0.1) is 0 Å². The molecule has 0 saturated carbocycles. The van der Waals surface area contributed by atoms with Crippen LogP contribution >= 0.6 is 0 Å². The highest BCUT2D eigenvalue weighted by Crippen LogP contribution is 2.56. The Morgan fingerprint density at radius 3 is 2.10 bits per heavy atom. The van der Waals surface area contributed by atoms with Gasteiger partial charge in [0.2, 0.25) is 12.5 Å². The minimum Gasteiger partial charge on any atom is -0.493 e. The molecule has 9 heteroatoms. The predicted octanol–water partition coefficient (Wildman–Crippen LogP) is 4.58. The molecule has 4 atom stereocenters. The first-order valence-corrected chi connectivity index (χ1v) is 12.6. The molecule has 3 aliphatic rings. The molecule has 0 spiro atoms. The number of cyclic esters (lactones) is 1. The van der Waals surface area contributed by atoms with Gasteiger partial charge in [0.15, 0.2) is 23.0 Å². The van der Waals surface area contributed by atoms with Crippen LogP contribution < -0.4 is 23.7 Å². The maximum absolute atomic E-state index is 13.3. The van der Waals surface area contributed by atoms with Gasteiger partial charge < -0.3 is 33.2 Å². The zero-order valence-corrected chi connectivity index (χ0v) is 22.0. The molecule has 0 bridgehead atoms. The molecule has 3 aromatic rings. The molecule has 1 saturated heterocycles. The smallest absolute Gasteiger partial charge is 0.338 e. The zero-order valence-electron chi connectivity index (χ0n) is 22.0. The number of carbonyl (C=O) groups is 2. The zero-order chi connectivity index (χ0) is 27.3. The Labute approximate surface area is 225 Å². The normalized spacial score (nSPS) is 22.4. The molecular formula is C30H28O9. The second kappa shape index (κ2) is 9.72. The van der Waals surface area contributed by atoms with Gasteiger partial charge in [-0.1, -0.05) is 17.7 Å². The predicted molar refractivity (Wildman–Crippen MR) is 138 cm³/mol. The summed E-state index contributed by atoms with van der Waals surface area (Å²) in [5.41, 5.74) is 3.73. The minimum atomic E-state index is -0.738. The summed E-state index contributed by atoms with van der Waals surface area (Å²) in [4.78, 5) is 26.6. The third kappa shape index (κ3) is 4.09. The van der Waals surface area contributed by atoms with Crippen LogP contribution in [0.3, 0.4) is 0 Å². The van der Waals surface area contributed by atoms with Crippen LogP contribution in [0.25, 0.3) is 0 Å². The molecule has 6 rings (SSSR count). The molecule has 0 radical (unpaired) electrons. The van der Waals surface area contributed by atoms with Crippen molar-refractivity contribution in [3.8, 4) is 28.7 Å². The number of esters is 2. The van der Waals surface area contributed by atoms with Crippen molar-refractivity contribution in [2.24, 2.45) is 11.8 Å². The van der Waals surface area contributed by atoms with Gasteiger partial charge in [0.25, 0.3) is 0 Å². The quantitative estimate of drug-likeness (QED) is 0.423. The van der Waals surface area contributed by atoms with Crippen molar-refractivity contribution in [1.82, 2.24) is 0 Å². The van der Waals surface area contributed by atoms with E-state index < -0.39 is 29.8 Å². The Bertz CT molecular complexity index is 1420. The summed E-state index contributed by atoms with van der Waals surface area (Å²) in [6, 6.07) is 14.5. The van der Waals surface area contributed by atoms with Crippen molar-refractivity contribution in [3.63, 3.8) is 0 Å². The van der Waals surface area contributed by atoms with E-state index in [0.717, 1.165) is 22.3 Å². The molecule has 39 heavy (non-hydrogen) atoms. The lowest BCUT2D eigenvalue weighted by molar-refractivity contribution is -0.141. The number of methoxy groups -OCH3 is 3. The number of hydrogen-bond donors (Lipinski definition) is 0. The molecule has 3 aromatic carbocycles. The van der Waals surface area contributed by atoms with Crippen LogP contribution in [0, 0.1) is 18.8 Å². The van der Waals surface area contributed by atoms with Crippen molar-refractivity contribution < 1.29 is 42.7 Å². The van der Waals surface area contributed by atoms with Crippen molar-refractivity contribution in [1.29, 1.82) is 0 Å². The Kier molecular flexibility index (Phi) is 6.21. The topological polar surface area (TPSA) is 98.8 Å². The molecule has 1 fully saturated rings. The highest BCUT2D eigenvalue weighted by molar-refractivity contribution is 5.90.